The molecular weight excluding hydrogens is 512 g/mol. The van der Waals surface area contributed by atoms with Crippen LogP contribution < -0.4 is 0 Å². The van der Waals surface area contributed by atoms with E-state index in [0.29, 0.717) is 54.4 Å². The number of carbonyl (C=O) groups excluding carboxylic acids is 1. The number of nitrogens with zero attached hydrogens (tertiary/aromatic N) is 2. The molecule has 6 heteroatoms. The van der Waals surface area contributed by atoms with Gasteiger partial charge in [-0.15, -0.1) is 0 Å². The van der Waals surface area contributed by atoms with Crippen molar-refractivity contribution < 1.29 is 19.8 Å². The van der Waals surface area contributed by atoms with Gasteiger partial charge in [-0.25, -0.2) is 0 Å². The molecule has 0 radical (unpaired) electrons. The minimum absolute atomic E-state index is 0.108. The van der Waals surface area contributed by atoms with Crippen molar-refractivity contribution in [3.63, 3.8) is 0 Å². The highest BCUT2D eigenvalue weighted by Crippen LogP contribution is 2.67. The third-order valence-corrected chi connectivity index (χ3v) is 12.9. The molecule has 5 fully saturated rings. The Labute approximate surface area is 246 Å². The van der Waals surface area contributed by atoms with Crippen LogP contribution in [0.25, 0.3) is 0 Å². The molecule has 5 aliphatic rings. The molecule has 6 rings (SSSR count). The number of fused-ring (bicyclic) bond motifs is 5. The Kier molecular flexibility index (Phi) is 8.28. The van der Waals surface area contributed by atoms with Crippen LogP contribution in [0.3, 0.4) is 0 Å². The van der Waals surface area contributed by atoms with Crippen LogP contribution in [-0.2, 0) is 16.2 Å². The van der Waals surface area contributed by atoms with Gasteiger partial charge in [-0.05, 0) is 105 Å². The lowest BCUT2D eigenvalue weighted by Gasteiger charge is -2.62. The highest BCUT2D eigenvalue weighted by atomic mass is 16.6. The first kappa shape index (κ1) is 29.2. The average molecular weight is 565 g/mol. The van der Waals surface area contributed by atoms with Crippen LogP contribution in [0.2, 0.25) is 0 Å². The van der Waals surface area contributed by atoms with Gasteiger partial charge in [0.25, 0.3) is 0 Å². The molecule has 1 amide bonds. The first-order chi connectivity index (χ1) is 19.7. The number of likely N-dealkylation sites (tertiary alicyclic amines) is 1. The average Bonchev–Trinajstić information content (AvgIpc) is 3.63. The summed E-state index contributed by atoms with van der Waals surface area (Å²) in [5, 5.41) is 27.5. The van der Waals surface area contributed by atoms with Gasteiger partial charge in [0, 0.05) is 30.8 Å². The number of hydrogen-bond acceptors (Lipinski definition) is 5. The topological polar surface area (TPSA) is 82.4 Å². The van der Waals surface area contributed by atoms with Crippen molar-refractivity contribution in [2.45, 2.75) is 110 Å². The first-order valence-corrected chi connectivity index (χ1v) is 16.6. The second-order valence-electron chi connectivity index (χ2n) is 14.8. The van der Waals surface area contributed by atoms with Crippen LogP contribution >= 0.6 is 0 Å². The van der Waals surface area contributed by atoms with Crippen LogP contribution in [0.15, 0.2) is 35.5 Å². The lowest BCUT2D eigenvalue weighted by molar-refractivity contribution is -0.148. The summed E-state index contributed by atoms with van der Waals surface area (Å²) in [4.78, 5) is 21.0. The molecule has 1 heterocycles. The summed E-state index contributed by atoms with van der Waals surface area (Å²) in [5.74, 6) is 2.51. The quantitative estimate of drug-likeness (QED) is 0.387. The fourth-order valence-electron chi connectivity index (χ4n) is 10.4. The van der Waals surface area contributed by atoms with Gasteiger partial charge in [0.2, 0.25) is 5.91 Å². The van der Waals surface area contributed by atoms with Crippen LogP contribution in [0.5, 0.6) is 0 Å². The smallest absolute Gasteiger partial charge is 0.222 e. The van der Waals surface area contributed by atoms with Gasteiger partial charge in [-0.2, -0.15) is 0 Å². The van der Waals surface area contributed by atoms with E-state index in [-0.39, 0.29) is 23.0 Å². The van der Waals surface area contributed by atoms with Crippen molar-refractivity contribution in [2.75, 3.05) is 13.1 Å². The van der Waals surface area contributed by atoms with Crippen molar-refractivity contribution in [1.29, 1.82) is 0 Å². The summed E-state index contributed by atoms with van der Waals surface area (Å²) in [5.41, 5.74) is 2.21. The molecule has 1 aliphatic heterocycles. The Balaban J connectivity index is 1.24. The van der Waals surface area contributed by atoms with Gasteiger partial charge in [-0.3, -0.25) is 4.79 Å². The summed E-state index contributed by atoms with van der Waals surface area (Å²) in [6.45, 7) is 9.43. The molecule has 1 aromatic carbocycles. The highest BCUT2D eigenvalue weighted by Gasteiger charge is 2.65. The van der Waals surface area contributed by atoms with Gasteiger partial charge in [0.05, 0.1) is 17.9 Å². The largest absolute Gasteiger partial charge is 0.393 e. The van der Waals surface area contributed by atoms with Gasteiger partial charge < -0.3 is 20.0 Å². The Morgan fingerprint density at radius 2 is 1.83 bits per heavy atom. The fraction of sp³-hybridized carbons (Fsp3) is 0.771. The number of carbonyl (C=O) groups is 1. The second kappa shape index (κ2) is 11.6. The monoisotopic (exact) mass is 564 g/mol. The zero-order valence-electron chi connectivity index (χ0n) is 25.5. The number of benzene rings is 1. The minimum Gasteiger partial charge on any atom is -0.393 e. The molecular formula is C35H52N2O4. The number of aliphatic hydroxyl groups is 2. The number of hydrogen-bond donors (Lipinski definition) is 2. The number of amides is 1. The first-order valence-electron chi connectivity index (χ1n) is 16.6. The SMILES string of the molecule is C[C@H](CCC(=O)N1CCCC1)[C@H]1CC[C@H]2[C@@H]3/C(=N\OCc4ccccc4)C[C@@H]4C[C@H](O)CC[C@]4(C)[C@H]3C[C@H](O)[C@]12C. The molecule has 2 N–H and O–H groups in total. The Bertz CT molecular complexity index is 1100. The Hall–Kier alpha value is -1.92. The normalized spacial score (nSPS) is 41.9. The maximum Gasteiger partial charge on any atom is 0.222 e. The van der Waals surface area contributed by atoms with Crippen LogP contribution in [-0.4, -0.2) is 52.0 Å². The van der Waals surface area contributed by atoms with Gasteiger partial charge in [0.15, 0.2) is 0 Å². The molecule has 0 bridgehead atoms. The van der Waals surface area contributed by atoms with Crippen molar-refractivity contribution in [3.8, 4) is 0 Å². The van der Waals surface area contributed by atoms with Crippen molar-refractivity contribution in [3.05, 3.63) is 35.9 Å². The summed E-state index contributed by atoms with van der Waals surface area (Å²) < 4.78 is 0. The third-order valence-electron chi connectivity index (χ3n) is 12.9. The van der Waals surface area contributed by atoms with E-state index in [9.17, 15) is 15.0 Å². The van der Waals surface area contributed by atoms with Gasteiger partial charge >= 0.3 is 0 Å². The van der Waals surface area contributed by atoms with E-state index >= 15 is 0 Å². The molecule has 41 heavy (non-hydrogen) atoms. The van der Waals surface area contributed by atoms with Gasteiger partial charge in [-0.1, -0.05) is 56.3 Å². The predicted octanol–water partition coefficient (Wildman–Crippen LogP) is 6.20. The minimum atomic E-state index is -0.355. The summed E-state index contributed by atoms with van der Waals surface area (Å²) in [6, 6.07) is 10.2. The summed E-state index contributed by atoms with van der Waals surface area (Å²) in [6.07, 6.45) is 9.80. The summed E-state index contributed by atoms with van der Waals surface area (Å²) >= 11 is 0. The maximum absolute atomic E-state index is 12.8. The fourth-order valence-corrected chi connectivity index (χ4v) is 10.4. The summed E-state index contributed by atoms with van der Waals surface area (Å²) in [7, 11) is 0. The predicted molar refractivity (Wildman–Crippen MR) is 161 cm³/mol. The lowest BCUT2D eigenvalue weighted by Crippen LogP contribution is -2.61. The second-order valence-corrected chi connectivity index (χ2v) is 14.8. The molecule has 1 aromatic rings. The molecule has 1 saturated heterocycles. The van der Waals surface area contributed by atoms with E-state index in [1.165, 1.54) is 5.71 Å². The number of aliphatic hydroxyl groups excluding tert-OH is 2. The van der Waals surface area contributed by atoms with Crippen molar-refractivity contribution in [2.24, 2.45) is 51.5 Å². The molecule has 6 nitrogen and oxygen atoms in total. The van der Waals surface area contributed by atoms with E-state index < -0.39 is 0 Å². The lowest BCUT2D eigenvalue weighted by atomic mass is 9.43. The van der Waals surface area contributed by atoms with Gasteiger partial charge in [0.1, 0.15) is 6.61 Å². The van der Waals surface area contributed by atoms with E-state index in [2.05, 4.69) is 32.9 Å². The highest BCUT2D eigenvalue weighted by molar-refractivity contribution is 5.88. The van der Waals surface area contributed by atoms with E-state index in [1.54, 1.807) is 0 Å². The molecule has 226 valence electrons. The van der Waals surface area contributed by atoms with E-state index in [4.69, 9.17) is 9.99 Å². The number of oxime groups is 1. The third kappa shape index (κ3) is 5.26. The Morgan fingerprint density at radius 1 is 1.07 bits per heavy atom. The van der Waals surface area contributed by atoms with E-state index in [1.807, 2.05) is 23.1 Å². The molecule has 4 aliphatic carbocycles. The molecule has 0 aromatic heterocycles. The molecule has 10 atom stereocenters. The maximum atomic E-state index is 12.8. The Morgan fingerprint density at radius 3 is 2.59 bits per heavy atom. The zero-order valence-corrected chi connectivity index (χ0v) is 25.5. The standard InChI is InChI=1S/C35H52N2O4/c1-23(11-14-32(40)37-17-7-8-18-37)27-12-13-28-33-29(21-31(39)35(27,28)3)34(2)16-15-26(38)19-25(34)20-30(33)36-41-22-24-9-5-4-6-10-24/h4-6,9-10,23,25-29,31,33,38-39H,7-8,11-22H2,1-3H3/b36-30-/t23-,25+,26-,27-,28+,29+,31+,33+,34+,35-/m1/s1. The zero-order chi connectivity index (χ0) is 28.8. The number of rotatable bonds is 7. The molecule has 4 saturated carbocycles. The van der Waals surface area contributed by atoms with Crippen LogP contribution in [0.1, 0.15) is 97.0 Å². The van der Waals surface area contributed by atoms with Crippen molar-refractivity contribution >= 4 is 11.6 Å². The van der Waals surface area contributed by atoms with Crippen LogP contribution in [0.4, 0.5) is 0 Å². The van der Waals surface area contributed by atoms with E-state index in [0.717, 1.165) is 82.9 Å². The molecule has 0 unspecified atom stereocenters. The van der Waals surface area contributed by atoms with Crippen LogP contribution in [0, 0.1) is 46.3 Å². The molecule has 0 spiro atoms. The van der Waals surface area contributed by atoms with Crippen molar-refractivity contribution in [1.82, 2.24) is 4.90 Å².